The molecular formula is C21H17F3N3O2. The lowest BCUT2D eigenvalue weighted by Gasteiger charge is -2.31. The van der Waals surface area contributed by atoms with Gasteiger partial charge in [0.1, 0.15) is 5.54 Å². The van der Waals surface area contributed by atoms with Gasteiger partial charge in [0.25, 0.3) is 5.91 Å². The summed E-state index contributed by atoms with van der Waals surface area (Å²) < 4.78 is 40.1. The van der Waals surface area contributed by atoms with Gasteiger partial charge in [0.15, 0.2) is 0 Å². The summed E-state index contributed by atoms with van der Waals surface area (Å²) in [6.45, 7) is 3.66. The third-order valence-electron chi connectivity index (χ3n) is 5.00. The Labute approximate surface area is 165 Å². The minimum absolute atomic E-state index is 0.223. The first-order valence-electron chi connectivity index (χ1n) is 8.90. The van der Waals surface area contributed by atoms with Crippen molar-refractivity contribution >= 4 is 17.6 Å². The fourth-order valence-corrected chi connectivity index (χ4v) is 3.50. The minimum atomic E-state index is -4.80. The van der Waals surface area contributed by atoms with Gasteiger partial charge in [0, 0.05) is 6.54 Å². The van der Waals surface area contributed by atoms with Gasteiger partial charge in [-0.2, -0.15) is 18.4 Å². The molecule has 2 aromatic carbocycles. The molecular weight excluding hydrogens is 383 g/mol. The van der Waals surface area contributed by atoms with E-state index in [9.17, 15) is 22.8 Å². The van der Waals surface area contributed by atoms with Gasteiger partial charge >= 0.3 is 12.2 Å². The molecule has 2 aromatic rings. The number of nitriles is 1. The lowest BCUT2D eigenvalue weighted by atomic mass is 9.90. The zero-order chi connectivity index (χ0) is 21.4. The van der Waals surface area contributed by atoms with Gasteiger partial charge in [0.2, 0.25) is 0 Å². The van der Waals surface area contributed by atoms with Crippen LogP contribution < -0.4 is 4.90 Å². The van der Waals surface area contributed by atoms with E-state index in [0.717, 1.165) is 11.0 Å². The van der Waals surface area contributed by atoms with Gasteiger partial charge < -0.3 is 4.90 Å². The molecule has 0 spiro atoms. The van der Waals surface area contributed by atoms with Crippen molar-refractivity contribution < 1.29 is 22.8 Å². The molecule has 29 heavy (non-hydrogen) atoms. The van der Waals surface area contributed by atoms with Crippen LogP contribution in [0.1, 0.15) is 37.0 Å². The summed E-state index contributed by atoms with van der Waals surface area (Å²) >= 11 is 0. The number of rotatable bonds is 4. The Kier molecular flexibility index (Phi) is 5.09. The zero-order valence-corrected chi connectivity index (χ0v) is 15.7. The molecule has 149 valence electrons. The van der Waals surface area contributed by atoms with Gasteiger partial charge in [-0.25, -0.2) is 9.69 Å². The summed E-state index contributed by atoms with van der Waals surface area (Å²) in [7, 11) is 0. The molecule has 0 saturated carbocycles. The highest BCUT2D eigenvalue weighted by molar-refractivity contribution is 6.23. The number of halogens is 3. The number of nitrogens with zero attached hydrogens (tertiary/aromatic N) is 3. The fraction of sp³-hybridized carbons (Fsp3) is 0.286. The molecule has 1 atom stereocenters. The molecule has 0 aromatic heterocycles. The number of imide groups is 1. The molecule has 1 radical (unpaired) electrons. The number of anilines is 1. The lowest BCUT2D eigenvalue weighted by molar-refractivity contribution is -0.137. The van der Waals surface area contributed by atoms with Crippen molar-refractivity contribution in [3.63, 3.8) is 0 Å². The Morgan fingerprint density at radius 2 is 1.83 bits per heavy atom. The van der Waals surface area contributed by atoms with Crippen molar-refractivity contribution in [1.82, 2.24) is 4.90 Å². The molecule has 1 aliphatic heterocycles. The van der Waals surface area contributed by atoms with Crippen molar-refractivity contribution in [2.45, 2.75) is 32.0 Å². The largest absolute Gasteiger partial charge is 0.417 e. The molecule has 1 aliphatic rings. The number of amides is 3. The van der Waals surface area contributed by atoms with Crippen LogP contribution in [0.5, 0.6) is 0 Å². The topological polar surface area (TPSA) is 64.4 Å². The first kappa shape index (κ1) is 20.4. The van der Waals surface area contributed by atoms with Crippen molar-refractivity contribution in [2.24, 2.45) is 0 Å². The van der Waals surface area contributed by atoms with E-state index in [1.165, 1.54) is 17.0 Å². The normalized spacial score (nSPS) is 19.6. The van der Waals surface area contributed by atoms with Crippen molar-refractivity contribution in [1.29, 1.82) is 5.26 Å². The Bertz CT molecular complexity index is 998. The van der Waals surface area contributed by atoms with Gasteiger partial charge in [-0.15, -0.1) is 0 Å². The summed E-state index contributed by atoms with van der Waals surface area (Å²) in [5.74, 6) is -0.653. The third-order valence-corrected chi connectivity index (χ3v) is 5.00. The summed E-state index contributed by atoms with van der Waals surface area (Å²) in [6.07, 6.45) is -4.24. The van der Waals surface area contributed by atoms with Gasteiger partial charge in [-0.05, 0) is 43.2 Å². The molecule has 1 fully saturated rings. The van der Waals surface area contributed by atoms with Crippen molar-refractivity contribution in [3.8, 4) is 6.07 Å². The van der Waals surface area contributed by atoms with E-state index in [1.807, 2.05) is 6.92 Å². The van der Waals surface area contributed by atoms with E-state index in [0.29, 0.717) is 18.1 Å². The Hall–Kier alpha value is -3.34. The molecule has 0 aliphatic carbocycles. The maximum absolute atomic E-state index is 13.4. The Morgan fingerprint density at radius 1 is 1.17 bits per heavy atom. The number of carbonyl (C=O) groups is 2. The summed E-state index contributed by atoms with van der Waals surface area (Å²) in [4.78, 5) is 28.5. The molecule has 1 unspecified atom stereocenters. The molecule has 8 heteroatoms. The number of alkyl halides is 3. The Balaban J connectivity index is 2.16. The number of benzene rings is 2. The average Bonchev–Trinajstić information content (AvgIpc) is 2.89. The zero-order valence-electron chi connectivity index (χ0n) is 15.7. The molecule has 5 nitrogen and oxygen atoms in total. The summed E-state index contributed by atoms with van der Waals surface area (Å²) in [6, 6.07) is 13.0. The molecule has 3 rings (SSSR count). The minimum Gasteiger partial charge on any atom is -0.305 e. The predicted octanol–water partition coefficient (Wildman–Crippen LogP) is 4.47. The van der Waals surface area contributed by atoms with Gasteiger partial charge in [0.05, 0.1) is 22.9 Å². The third kappa shape index (κ3) is 3.23. The lowest BCUT2D eigenvalue weighted by Crippen LogP contribution is -2.44. The Morgan fingerprint density at radius 3 is 2.38 bits per heavy atom. The fourth-order valence-electron chi connectivity index (χ4n) is 3.50. The second-order valence-electron chi connectivity index (χ2n) is 6.78. The molecule has 1 heterocycles. The molecule has 0 N–H and O–H groups in total. The maximum atomic E-state index is 13.4. The number of urea groups is 1. The van der Waals surface area contributed by atoms with Crippen LogP contribution in [0.3, 0.4) is 0 Å². The highest BCUT2D eigenvalue weighted by Gasteiger charge is 2.55. The van der Waals surface area contributed by atoms with E-state index in [-0.39, 0.29) is 12.2 Å². The van der Waals surface area contributed by atoms with Crippen LogP contribution in [0.4, 0.5) is 23.7 Å². The van der Waals surface area contributed by atoms with Crippen molar-refractivity contribution in [3.05, 3.63) is 65.2 Å². The first-order chi connectivity index (χ1) is 13.7. The molecule has 1 saturated heterocycles. The predicted molar refractivity (Wildman–Crippen MR) is 98.7 cm³/mol. The van der Waals surface area contributed by atoms with Crippen LogP contribution in [0.15, 0.2) is 42.5 Å². The van der Waals surface area contributed by atoms with E-state index in [1.54, 1.807) is 31.2 Å². The van der Waals surface area contributed by atoms with Crippen LogP contribution in [0.2, 0.25) is 0 Å². The van der Waals surface area contributed by atoms with E-state index in [4.69, 9.17) is 5.26 Å². The maximum Gasteiger partial charge on any atom is 0.417 e. The first-order valence-corrected chi connectivity index (χ1v) is 8.90. The van der Waals surface area contributed by atoms with Crippen LogP contribution in [0, 0.1) is 17.4 Å². The summed E-state index contributed by atoms with van der Waals surface area (Å²) in [5.41, 5.74) is -2.82. The monoisotopic (exact) mass is 400 g/mol. The molecule has 0 bridgehead atoms. The molecule has 3 amide bonds. The standard InChI is InChI=1S/C21H17F3N3O2/c1-3-11-26-19(29)27(18(28)20(26,2)15-7-5-4-6-8-15)16-10-9-14(13-25)17(12-16)21(22,23)24/h5-10,12H,3,11H2,1-2H3. The van der Waals surface area contributed by atoms with Crippen LogP contribution in [-0.2, 0) is 16.5 Å². The van der Waals surface area contributed by atoms with Crippen LogP contribution in [-0.4, -0.2) is 23.4 Å². The van der Waals surface area contributed by atoms with E-state index >= 15 is 0 Å². The van der Waals surface area contributed by atoms with E-state index < -0.39 is 34.8 Å². The van der Waals surface area contributed by atoms with Gasteiger partial charge in [-0.1, -0.05) is 31.2 Å². The second kappa shape index (κ2) is 7.24. The van der Waals surface area contributed by atoms with E-state index in [2.05, 4.69) is 6.07 Å². The highest BCUT2D eigenvalue weighted by Crippen LogP contribution is 2.41. The van der Waals surface area contributed by atoms with Crippen LogP contribution >= 0.6 is 0 Å². The average molecular weight is 400 g/mol. The number of hydrogen-bond donors (Lipinski definition) is 0. The highest BCUT2D eigenvalue weighted by atomic mass is 19.4. The second-order valence-corrected chi connectivity index (χ2v) is 6.78. The number of carbonyl (C=O) groups excluding carboxylic acids is 2. The van der Waals surface area contributed by atoms with Crippen molar-refractivity contribution in [2.75, 3.05) is 11.4 Å². The number of hydrogen-bond acceptors (Lipinski definition) is 3. The SMILES string of the molecule is CCCN1C(=O)N(c2ccc(C#N)c(C(F)(F)F)c2)C(=O)C1(C)c1cc[c]cc1. The van der Waals surface area contributed by atoms with Crippen LogP contribution in [0.25, 0.3) is 0 Å². The quantitative estimate of drug-likeness (QED) is 0.712. The van der Waals surface area contributed by atoms with Gasteiger partial charge in [-0.3, -0.25) is 4.79 Å². The summed E-state index contributed by atoms with van der Waals surface area (Å²) in [5, 5.41) is 8.98. The smallest absolute Gasteiger partial charge is 0.305 e.